The molecule has 0 aliphatic heterocycles. The van der Waals surface area contributed by atoms with Gasteiger partial charge in [-0.25, -0.2) is 0 Å². The smallest absolute Gasteiger partial charge is 0.193 e. The van der Waals surface area contributed by atoms with Gasteiger partial charge in [0.25, 0.3) is 0 Å². The Morgan fingerprint density at radius 2 is 1.85 bits per heavy atom. The molecular weight excluding hydrogens is 336 g/mol. The maximum absolute atomic E-state index is 13.0. The van der Waals surface area contributed by atoms with Gasteiger partial charge < -0.3 is 15.3 Å². The lowest BCUT2D eigenvalue weighted by molar-refractivity contribution is -0.136. The molecular formula is C20H16O6. The van der Waals surface area contributed by atoms with E-state index in [0.29, 0.717) is 5.39 Å². The minimum absolute atomic E-state index is 0.0251. The standard InChI is InChI=1S/C20H16O6/c1-9(21)20(26)6-5-11-13(8-20)17(23)12-7-10-3-2-4-14(22)15(10)19(25)16(12)18(11)24/h2-4,7,22,25-26H,5-6,8H2,1H3/t20-/m1/s1. The van der Waals surface area contributed by atoms with Gasteiger partial charge in [0.2, 0.25) is 0 Å². The van der Waals surface area contributed by atoms with Crippen molar-refractivity contribution in [3.05, 3.63) is 46.5 Å². The van der Waals surface area contributed by atoms with Gasteiger partial charge in [-0.15, -0.1) is 0 Å². The monoisotopic (exact) mass is 352 g/mol. The lowest BCUT2D eigenvalue weighted by Crippen LogP contribution is -2.42. The van der Waals surface area contributed by atoms with Crippen molar-refractivity contribution in [1.29, 1.82) is 0 Å². The third-order valence-electron chi connectivity index (χ3n) is 5.41. The summed E-state index contributed by atoms with van der Waals surface area (Å²) in [6, 6.07) is 6.03. The largest absolute Gasteiger partial charge is 0.507 e. The third-order valence-corrected chi connectivity index (χ3v) is 5.41. The van der Waals surface area contributed by atoms with Crippen LogP contribution in [0.5, 0.6) is 11.5 Å². The molecule has 0 bridgehead atoms. The van der Waals surface area contributed by atoms with Crippen molar-refractivity contribution >= 4 is 28.1 Å². The average Bonchev–Trinajstić information content (AvgIpc) is 2.59. The molecule has 2 aliphatic carbocycles. The molecule has 132 valence electrons. The molecule has 2 aromatic carbocycles. The normalized spacial score (nSPS) is 22.4. The molecule has 1 atom stereocenters. The van der Waals surface area contributed by atoms with E-state index in [1.807, 2.05) is 0 Å². The second-order valence-corrected chi connectivity index (χ2v) is 6.90. The minimum Gasteiger partial charge on any atom is -0.507 e. The lowest BCUT2D eigenvalue weighted by atomic mass is 9.70. The summed E-state index contributed by atoms with van der Waals surface area (Å²) in [6.07, 6.45) is -0.0801. The van der Waals surface area contributed by atoms with Crippen LogP contribution in [0.1, 0.15) is 46.9 Å². The molecule has 0 fully saturated rings. The quantitative estimate of drug-likeness (QED) is 0.727. The molecule has 2 aliphatic rings. The van der Waals surface area contributed by atoms with Crippen LogP contribution in [0.15, 0.2) is 35.4 Å². The number of aliphatic hydroxyl groups is 1. The van der Waals surface area contributed by atoms with E-state index < -0.39 is 28.7 Å². The van der Waals surface area contributed by atoms with Crippen LogP contribution in [-0.2, 0) is 4.79 Å². The maximum Gasteiger partial charge on any atom is 0.193 e. The first kappa shape index (κ1) is 16.5. The molecule has 4 rings (SSSR count). The predicted octanol–water partition coefficient (Wildman–Crippen LogP) is 2.43. The van der Waals surface area contributed by atoms with Gasteiger partial charge >= 0.3 is 0 Å². The summed E-state index contributed by atoms with van der Waals surface area (Å²) in [5, 5.41) is 31.6. The second kappa shape index (κ2) is 5.25. The number of carbonyl (C=O) groups excluding carboxylic acids is 3. The van der Waals surface area contributed by atoms with Crippen LogP contribution in [-0.4, -0.2) is 38.3 Å². The van der Waals surface area contributed by atoms with E-state index in [1.165, 1.54) is 19.1 Å². The first-order chi connectivity index (χ1) is 12.2. The molecule has 0 spiro atoms. The summed E-state index contributed by atoms with van der Waals surface area (Å²) in [5.74, 6) is -2.02. The van der Waals surface area contributed by atoms with Crippen molar-refractivity contribution < 1.29 is 29.7 Å². The van der Waals surface area contributed by atoms with Crippen molar-refractivity contribution in [2.24, 2.45) is 0 Å². The molecule has 0 radical (unpaired) electrons. The van der Waals surface area contributed by atoms with Crippen LogP contribution in [0.25, 0.3) is 10.8 Å². The van der Waals surface area contributed by atoms with E-state index in [-0.39, 0.29) is 52.7 Å². The molecule has 0 unspecified atom stereocenters. The summed E-state index contributed by atoms with van der Waals surface area (Å²) >= 11 is 0. The zero-order valence-corrected chi connectivity index (χ0v) is 14.0. The first-order valence-corrected chi connectivity index (χ1v) is 8.27. The van der Waals surface area contributed by atoms with Crippen molar-refractivity contribution in [1.82, 2.24) is 0 Å². The number of hydrogen-bond acceptors (Lipinski definition) is 6. The zero-order chi connectivity index (χ0) is 18.8. The average molecular weight is 352 g/mol. The van der Waals surface area contributed by atoms with Gasteiger partial charge in [0.15, 0.2) is 17.3 Å². The zero-order valence-electron chi connectivity index (χ0n) is 14.0. The Morgan fingerprint density at radius 3 is 2.54 bits per heavy atom. The number of fused-ring (bicyclic) bond motifs is 2. The summed E-state index contributed by atoms with van der Waals surface area (Å²) < 4.78 is 0. The number of phenolic OH excluding ortho intramolecular Hbond substituents is 2. The first-order valence-electron chi connectivity index (χ1n) is 8.27. The summed E-state index contributed by atoms with van der Waals surface area (Å²) in [6.45, 7) is 1.26. The highest BCUT2D eigenvalue weighted by Gasteiger charge is 2.45. The van der Waals surface area contributed by atoms with Crippen LogP contribution in [0.3, 0.4) is 0 Å². The Morgan fingerprint density at radius 1 is 1.12 bits per heavy atom. The fourth-order valence-electron chi connectivity index (χ4n) is 3.88. The highest BCUT2D eigenvalue weighted by Crippen LogP contribution is 2.45. The van der Waals surface area contributed by atoms with E-state index in [4.69, 9.17) is 0 Å². The van der Waals surface area contributed by atoms with Gasteiger partial charge in [-0.1, -0.05) is 12.1 Å². The van der Waals surface area contributed by atoms with Crippen molar-refractivity contribution in [2.45, 2.75) is 31.8 Å². The highest BCUT2D eigenvalue weighted by molar-refractivity contribution is 6.30. The van der Waals surface area contributed by atoms with Gasteiger partial charge in [0.1, 0.15) is 17.1 Å². The van der Waals surface area contributed by atoms with E-state index in [2.05, 4.69) is 0 Å². The molecule has 6 heteroatoms. The molecule has 0 saturated carbocycles. The number of aromatic hydroxyl groups is 2. The summed E-state index contributed by atoms with van der Waals surface area (Å²) in [7, 11) is 0. The van der Waals surface area contributed by atoms with Crippen LogP contribution in [0.4, 0.5) is 0 Å². The Bertz CT molecular complexity index is 1060. The van der Waals surface area contributed by atoms with Crippen LogP contribution in [0.2, 0.25) is 0 Å². The number of allylic oxidation sites excluding steroid dienone is 1. The van der Waals surface area contributed by atoms with Crippen LogP contribution in [0, 0.1) is 0 Å². The number of carbonyl (C=O) groups is 3. The lowest BCUT2D eigenvalue weighted by Gasteiger charge is -2.34. The SMILES string of the molecule is CC(=O)[C@@]1(O)CCC2=C(C1)C(=O)c1cc3cccc(O)c3c(O)c1C2=O. The van der Waals surface area contributed by atoms with E-state index >= 15 is 0 Å². The van der Waals surface area contributed by atoms with Gasteiger partial charge in [0.05, 0.1) is 10.9 Å². The maximum atomic E-state index is 13.0. The number of ketones is 3. The number of rotatable bonds is 1. The highest BCUT2D eigenvalue weighted by atomic mass is 16.3. The van der Waals surface area contributed by atoms with Crippen molar-refractivity contribution in [3.8, 4) is 11.5 Å². The molecule has 0 aromatic heterocycles. The van der Waals surface area contributed by atoms with Gasteiger partial charge in [-0.2, -0.15) is 0 Å². The Labute approximate surface area is 148 Å². The van der Waals surface area contributed by atoms with Crippen molar-refractivity contribution in [3.63, 3.8) is 0 Å². The van der Waals surface area contributed by atoms with Gasteiger partial charge in [-0.05, 0) is 37.3 Å². The fourth-order valence-corrected chi connectivity index (χ4v) is 3.88. The van der Waals surface area contributed by atoms with Gasteiger partial charge in [-0.3, -0.25) is 14.4 Å². The number of phenols is 2. The van der Waals surface area contributed by atoms with Crippen molar-refractivity contribution in [2.75, 3.05) is 0 Å². The summed E-state index contributed by atoms with van der Waals surface area (Å²) in [5.41, 5.74) is -1.40. The van der Waals surface area contributed by atoms with E-state index in [0.717, 1.165) is 0 Å². The van der Waals surface area contributed by atoms with Crippen LogP contribution < -0.4 is 0 Å². The predicted molar refractivity (Wildman–Crippen MR) is 92.4 cm³/mol. The molecule has 6 nitrogen and oxygen atoms in total. The van der Waals surface area contributed by atoms with E-state index in [9.17, 15) is 29.7 Å². The fraction of sp³-hybridized carbons (Fsp3) is 0.250. The molecule has 0 heterocycles. The Balaban J connectivity index is 1.96. The number of hydrogen-bond donors (Lipinski definition) is 3. The van der Waals surface area contributed by atoms with Gasteiger partial charge in [0, 0.05) is 23.1 Å². The number of Topliss-reactive ketones (excluding diaryl/α,β-unsaturated/α-hetero) is 3. The topological polar surface area (TPSA) is 112 Å². The molecule has 2 aromatic rings. The molecule has 0 amide bonds. The Hall–Kier alpha value is -2.99. The Kier molecular flexibility index (Phi) is 3.33. The minimum atomic E-state index is -1.65. The molecule has 0 saturated heterocycles. The molecule has 3 N–H and O–H groups in total. The third kappa shape index (κ3) is 2.05. The van der Waals surface area contributed by atoms with E-state index in [1.54, 1.807) is 12.1 Å². The second-order valence-electron chi connectivity index (χ2n) is 6.90. The van der Waals surface area contributed by atoms with Crippen LogP contribution >= 0.6 is 0 Å². The molecule has 26 heavy (non-hydrogen) atoms. The summed E-state index contributed by atoms with van der Waals surface area (Å²) in [4.78, 5) is 37.7. The number of benzene rings is 2.